The summed E-state index contributed by atoms with van der Waals surface area (Å²) in [6.07, 6.45) is 3.92. The number of carbonyl (C=O) groups is 4. The number of rotatable bonds is 8. The summed E-state index contributed by atoms with van der Waals surface area (Å²) in [4.78, 5) is 49.4. The SMILES string of the molecule is CCC(=O)[C@H](OC(C)=O)[C@H]1C(C)(C)CCC[C@]1(C)C(=O)CCC1=CCOC1=O. The second-order valence-corrected chi connectivity index (χ2v) is 8.84. The van der Waals surface area contributed by atoms with E-state index < -0.39 is 23.4 Å². The van der Waals surface area contributed by atoms with Crippen molar-refractivity contribution < 1.29 is 28.7 Å². The molecule has 156 valence electrons. The third-order valence-electron chi connectivity index (χ3n) is 6.37. The van der Waals surface area contributed by atoms with E-state index in [0.29, 0.717) is 18.4 Å². The molecule has 0 aromatic carbocycles. The van der Waals surface area contributed by atoms with Crippen LogP contribution >= 0.6 is 0 Å². The molecule has 6 heteroatoms. The van der Waals surface area contributed by atoms with Crippen molar-refractivity contribution in [3.05, 3.63) is 11.6 Å². The Morgan fingerprint density at radius 1 is 1.25 bits per heavy atom. The van der Waals surface area contributed by atoms with Crippen molar-refractivity contribution in [1.29, 1.82) is 0 Å². The third kappa shape index (κ3) is 4.53. The highest BCUT2D eigenvalue weighted by Gasteiger charge is 2.56. The highest BCUT2D eigenvalue weighted by atomic mass is 16.5. The highest BCUT2D eigenvalue weighted by Crippen LogP contribution is 2.54. The van der Waals surface area contributed by atoms with Gasteiger partial charge in [0.2, 0.25) is 0 Å². The van der Waals surface area contributed by atoms with E-state index in [9.17, 15) is 19.2 Å². The number of Topliss-reactive ketones (excluding diaryl/α,β-unsaturated/α-hetero) is 2. The Kier molecular flexibility index (Phi) is 6.84. The molecular formula is C22H32O6. The molecule has 0 bridgehead atoms. The molecule has 1 aliphatic heterocycles. The molecule has 3 atom stereocenters. The Morgan fingerprint density at radius 3 is 2.46 bits per heavy atom. The van der Waals surface area contributed by atoms with Gasteiger partial charge in [-0.2, -0.15) is 0 Å². The van der Waals surface area contributed by atoms with Crippen LogP contribution in [0.5, 0.6) is 0 Å². The van der Waals surface area contributed by atoms with Crippen LogP contribution in [0, 0.1) is 16.7 Å². The van der Waals surface area contributed by atoms with Crippen molar-refractivity contribution in [3.63, 3.8) is 0 Å². The minimum absolute atomic E-state index is 0.00642. The Balaban J connectivity index is 2.33. The first-order chi connectivity index (χ1) is 13.0. The number of hydrogen-bond donors (Lipinski definition) is 0. The average Bonchev–Trinajstić information content (AvgIpc) is 3.01. The van der Waals surface area contributed by atoms with E-state index >= 15 is 0 Å². The molecule has 0 aromatic rings. The maximum Gasteiger partial charge on any atom is 0.334 e. The first kappa shape index (κ1) is 22.3. The summed E-state index contributed by atoms with van der Waals surface area (Å²) in [6.45, 7) is 9.27. The molecule has 2 aliphatic rings. The molecule has 1 saturated carbocycles. The van der Waals surface area contributed by atoms with Gasteiger partial charge in [0.05, 0.1) is 0 Å². The van der Waals surface area contributed by atoms with Crippen LogP contribution in [0.3, 0.4) is 0 Å². The fraction of sp³-hybridized carbons (Fsp3) is 0.727. The standard InChI is InChI=1S/C22H32O6/c1-6-16(24)18(28-14(2)23)19-21(3,4)11-7-12-22(19,5)17(25)9-8-15-10-13-27-20(15)26/h10,18-19H,6-9,11-13H2,1-5H3/t18-,19-,22+/m0/s1. The van der Waals surface area contributed by atoms with Crippen molar-refractivity contribution in [3.8, 4) is 0 Å². The number of cyclic esters (lactones) is 1. The summed E-state index contributed by atoms with van der Waals surface area (Å²) >= 11 is 0. The summed E-state index contributed by atoms with van der Waals surface area (Å²) in [6, 6.07) is 0. The van der Waals surface area contributed by atoms with Gasteiger partial charge in [0, 0.05) is 36.7 Å². The molecular weight excluding hydrogens is 360 g/mol. The van der Waals surface area contributed by atoms with Gasteiger partial charge >= 0.3 is 11.9 Å². The van der Waals surface area contributed by atoms with Gasteiger partial charge in [0.25, 0.3) is 0 Å². The van der Waals surface area contributed by atoms with Crippen LogP contribution in [0.1, 0.15) is 73.1 Å². The molecule has 1 aliphatic carbocycles. The van der Waals surface area contributed by atoms with E-state index in [1.807, 2.05) is 20.8 Å². The average molecular weight is 392 g/mol. The van der Waals surface area contributed by atoms with Crippen molar-refractivity contribution in [2.75, 3.05) is 6.61 Å². The van der Waals surface area contributed by atoms with Crippen LogP contribution in [0.4, 0.5) is 0 Å². The maximum absolute atomic E-state index is 13.4. The number of esters is 2. The van der Waals surface area contributed by atoms with Crippen molar-refractivity contribution in [2.24, 2.45) is 16.7 Å². The second kappa shape index (κ2) is 8.58. The lowest BCUT2D eigenvalue weighted by atomic mass is 9.52. The first-order valence-electron chi connectivity index (χ1n) is 10.1. The predicted octanol–water partition coefficient (Wildman–Crippen LogP) is 3.56. The molecule has 0 unspecified atom stereocenters. The Bertz CT molecular complexity index is 689. The van der Waals surface area contributed by atoms with Gasteiger partial charge < -0.3 is 9.47 Å². The fourth-order valence-corrected chi connectivity index (χ4v) is 4.97. The van der Waals surface area contributed by atoms with E-state index in [4.69, 9.17) is 9.47 Å². The van der Waals surface area contributed by atoms with Gasteiger partial charge in [-0.15, -0.1) is 0 Å². The van der Waals surface area contributed by atoms with Crippen LogP contribution in [-0.2, 0) is 28.7 Å². The van der Waals surface area contributed by atoms with Crippen LogP contribution in [-0.4, -0.2) is 36.2 Å². The van der Waals surface area contributed by atoms with Crippen LogP contribution in [0.15, 0.2) is 11.6 Å². The van der Waals surface area contributed by atoms with Crippen LogP contribution < -0.4 is 0 Å². The summed E-state index contributed by atoms with van der Waals surface area (Å²) in [7, 11) is 0. The number of hydrogen-bond acceptors (Lipinski definition) is 6. The minimum atomic E-state index is -0.928. The van der Waals surface area contributed by atoms with Crippen molar-refractivity contribution in [2.45, 2.75) is 79.2 Å². The van der Waals surface area contributed by atoms with Gasteiger partial charge in [0.15, 0.2) is 11.9 Å². The van der Waals surface area contributed by atoms with Crippen molar-refractivity contribution in [1.82, 2.24) is 0 Å². The first-order valence-corrected chi connectivity index (χ1v) is 10.1. The molecule has 0 aromatic heterocycles. The Hall–Kier alpha value is -1.98. The normalized spacial score (nSPS) is 27.5. The zero-order valence-electron chi connectivity index (χ0n) is 17.6. The zero-order chi connectivity index (χ0) is 21.1. The molecule has 1 heterocycles. The molecule has 6 nitrogen and oxygen atoms in total. The highest BCUT2D eigenvalue weighted by molar-refractivity contribution is 5.93. The lowest BCUT2D eigenvalue weighted by molar-refractivity contribution is -0.172. The fourth-order valence-electron chi connectivity index (χ4n) is 4.97. The maximum atomic E-state index is 13.4. The van der Waals surface area contributed by atoms with Crippen LogP contribution in [0.25, 0.3) is 0 Å². The number of ketones is 2. The van der Waals surface area contributed by atoms with Gasteiger partial charge in [-0.1, -0.05) is 34.1 Å². The smallest absolute Gasteiger partial charge is 0.334 e. The van der Waals surface area contributed by atoms with Gasteiger partial charge in [-0.3, -0.25) is 14.4 Å². The number of ether oxygens (including phenoxy) is 2. The largest absolute Gasteiger partial charge is 0.458 e. The van der Waals surface area contributed by atoms with E-state index in [1.54, 1.807) is 13.0 Å². The lowest BCUT2D eigenvalue weighted by Crippen LogP contribution is -2.55. The lowest BCUT2D eigenvalue weighted by Gasteiger charge is -2.52. The monoisotopic (exact) mass is 392 g/mol. The zero-order valence-corrected chi connectivity index (χ0v) is 17.6. The van der Waals surface area contributed by atoms with Crippen LogP contribution in [0.2, 0.25) is 0 Å². The van der Waals surface area contributed by atoms with Gasteiger partial charge in [-0.05, 0) is 30.8 Å². The molecule has 0 spiro atoms. The van der Waals surface area contributed by atoms with Gasteiger partial charge in [0.1, 0.15) is 12.4 Å². The van der Waals surface area contributed by atoms with E-state index in [1.165, 1.54) is 6.92 Å². The molecule has 28 heavy (non-hydrogen) atoms. The minimum Gasteiger partial charge on any atom is -0.458 e. The Labute approximate surface area is 167 Å². The second-order valence-electron chi connectivity index (χ2n) is 8.84. The molecule has 0 N–H and O–H groups in total. The van der Waals surface area contributed by atoms with E-state index in [0.717, 1.165) is 12.8 Å². The van der Waals surface area contributed by atoms with E-state index in [-0.39, 0.29) is 42.4 Å². The summed E-state index contributed by atoms with van der Waals surface area (Å²) in [5, 5.41) is 0. The molecule has 1 fully saturated rings. The number of carbonyl (C=O) groups excluding carboxylic acids is 4. The molecule has 0 saturated heterocycles. The van der Waals surface area contributed by atoms with E-state index in [2.05, 4.69) is 0 Å². The third-order valence-corrected chi connectivity index (χ3v) is 6.37. The Morgan fingerprint density at radius 2 is 1.93 bits per heavy atom. The summed E-state index contributed by atoms with van der Waals surface area (Å²) < 4.78 is 10.4. The predicted molar refractivity (Wildman–Crippen MR) is 103 cm³/mol. The quantitative estimate of drug-likeness (QED) is 0.587. The summed E-state index contributed by atoms with van der Waals surface area (Å²) in [5.74, 6) is -1.43. The molecule has 0 radical (unpaired) electrons. The van der Waals surface area contributed by atoms with Crippen molar-refractivity contribution >= 4 is 23.5 Å². The molecule has 2 rings (SSSR count). The molecule has 0 amide bonds. The summed E-state index contributed by atoms with van der Waals surface area (Å²) in [5.41, 5.74) is -0.598. The van der Waals surface area contributed by atoms with Gasteiger partial charge in [-0.25, -0.2) is 4.79 Å². The topological polar surface area (TPSA) is 86.7 Å².